The second-order valence-corrected chi connectivity index (χ2v) is 9.28. The maximum atomic E-state index is 13.4. The van der Waals surface area contributed by atoms with E-state index >= 15 is 0 Å². The first kappa shape index (κ1) is 21.4. The number of fused-ring (bicyclic) bond motifs is 3. The lowest BCUT2D eigenvalue weighted by Crippen LogP contribution is -2.54. The van der Waals surface area contributed by atoms with E-state index in [-0.39, 0.29) is 18.2 Å². The van der Waals surface area contributed by atoms with Crippen LogP contribution >= 0.6 is 11.3 Å². The van der Waals surface area contributed by atoms with Gasteiger partial charge < -0.3 is 19.3 Å². The number of piperidine rings is 1. The maximum absolute atomic E-state index is 13.4. The van der Waals surface area contributed by atoms with Crippen LogP contribution in [0.15, 0.2) is 30.6 Å². The first-order valence-corrected chi connectivity index (χ1v) is 11.6. The molecule has 172 valence electrons. The maximum Gasteiger partial charge on any atom is 0.409 e. The van der Waals surface area contributed by atoms with Crippen LogP contribution in [-0.4, -0.2) is 72.3 Å². The van der Waals surface area contributed by atoms with Crippen LogP contribution in [0, 0.1) is 0 Å². The van der Waals surface area contributed by atoms with E-state index in [1.807, 2.05) is 30.3 Å². The van der Waals surface area contributed by atoms with Crippen LogP contribution in [0.1, 0.15) is 18.4 Å². The van der Waals surface area contributed by atoms with Crippen molar-refractivity contribution in [1.82, 2.24) is 19.8 Å². The van der Waals surface area contributed by atoms with Gasteiger partial charge in [0.25, 0.3) is 0 Å². The summed E-state index contributed by atoms with van der Waals surface area (Å²) in [6.07, 6.45) is 4.73. The van der Waals surface area contributed by atoms with E-state index in [0.29, 0.717) is 38.4 Å². The minimum atomic E-state index is -0.321. The molecular weight excluding hydrogens is 442 g/mol. The Morgan fingerprint density at radius 2 is 1.94 bits per heavy atom. The van der Waals surface area contributed by atoms with E-state index in [4.69, 9.17) is 14.5 Å². The molecule has 2 aliphatic rings. The fourth-order valence-electron chi connectivity index (χ4n) is 4.58. The van der Waals surface area contributed by atoms with Crippen LogP contribution in [0.25, 0.3) is 20.7 Å². The van der Waals surface area contributed by atoms with Gasteiger partial charge in [0.15, 0.2) is 0 Å². The summed E-state index contributed by atoms with van der Waals surface area (Å²) in [5.41, 5.74) is 2.94. The van der Waals surface area contributed by atoms with Crippen molar-refractivity contribution in [3.05, 3.63) is 36.2 Å². The molecule has 0 bridgehead atoms. The number of carbonyl (C=O) groups excluding carboxylic acids is 2. The number of hydrogen-bond acceptors (Lipinski definition) is 7. The predicted molar refractivity (Wildman–Crippen MR) is 126 cm³/mol. The number of amides is 3. The summed E-state index contributed by atoms with van der Waals surface area (Å²) >= 11 is 1.58. The van der Waals surface area contributed by atoms with Crippen LogP contribution in [0.4, 0.5) is 15.3 Å². The zero-order valence-electron chi connectivity index (χ0n) is 18.8. The summed E-state index contributed by atoms with van der Waals surface area (Å²) in [5, 5.41) is 0.972. The quantitative estimate of drug-likeness (QED) is 0.579. The molecular formula is C23H25N5O4S. The highest BCUT2D eigenvalue weighted by atomic mass is 32.1. The van der Waals surface area contributed by atoms with Crippen LogP contribution < -0.4 is 9.64 Å². The molecule has 3 aromatic heterocycles. The van der Waals surface area contributed by atoms with Crippen molar-refractivity contribution in [3.8, 4) is 16.3 Å². The molecule has 0 aliphatic carbocycles. The Morgan fingerprint density at radius 1 is 1.15 bits per heavy atom. The van der Waals surface area contributed by atoms with Crippen molar-refractivity contribution in [2.45, 2.75) is 25.4 Å². The highest BCUT2D eigenvalue weighted by Crippen LogP contribution is 2.42. The van der Waals surface area contributed by atoms with Crippen molar-refractivity contribution < 1.29 is 19.1 Å². The highest BCUT2D eigenvalue weighted by Gasteiger charge is 2.37. The second-order valence-electron chi connectivity index (χ2n) is 8.25. The van der Waals surface area contributed by atoms with E-state index in [2.05, 4.69) is 11.1 Å². The van der Waals surface area contributed by atoms with Gasteiger partial charge in [0.2, 0.25) is 5.88 Å². The fourth-order valence-corrected chi connectivity index (χ4v) is 5.58. The van der Waals surface area contributed by atoms with Crippen LogP contribution in [-0.2, 0) is 11.3 Å². The van der Waals surface area contributed by atoms with Gasteiger partial charge in [-0.1, -0.05) is 0 Å². The smallest absolute Gasteiger partial charge is 0.409 e. The van der Waals surface area contributed by atoms with Gasteiger partial charge in [-0.25, -0.2) is 19.6 Å². The Labute approximate surface area is 195 Å². The minimum absolute atomic E-state index is 0.00323. The van der Waals surface area contributed by atoms with Gasteiger partial charge in [-0.2, -0.15) is 0 Å². The molecule has 1 saturated heterocycles. The molecule has 0 atom stereocenters. The number of aromatic nitrogens is 2. The Kier molecular flexibility index (Phi) is 5.53. The van der Waals surface area contributed by atoms with E-state index in [0.717, 1.165) is 31.9 Å². The van der Waals surface area contributed by atoms with Gasteiger partial charge in [-0.3, -0.25) is 4.90 Å². The summed E-state index contributed by atoms with van der Waals surface area (Å²) < 4.78 is 10.0. The number of anilines is 1. The molecule has 0 N–H and O–H groups in total. The number of methoxy groups -OCH3 is 2. The van der Waals surface area contributed by atoms with Gasteiger partial charge >= 0.3 is 12.1 Å². The van der Waals surface area contributed by atoms with Gasteiger partial charge in [-0.15, -0.1) is 11.3 Å². The number of pyridine rings is 2. The molecule has 0 radical (unpaired) electrons. The Bertz CT molecular complexity index is 1200. The van der Waals surface area contributed by atoms with Crippen molar-refractivity contribution >= 4 is 39.4 Å². The average Bonchev–Trinajstić information content (AvgIpc) is 3.29. The third-order valence-electron chi connectivity index (χ3n) is 6.28. The van der Waals surface area contributed by atoms with E-state index < -0.39 is 0 Å². The average molecular weight is 468 g/mol. The number of urea groups is 1. The SMILES string of the molecule is COC(=O)N1CCC(N2C(=O)N(C)Cc3cnc4sc(-c5ccc(OC)nc5)cc4c32)CC1. The molecule has 5 rings (SSSR count). The standard InChI is InChI=1S/C23H25N5O4S/c1-26-13-15-12-25-21-17(10-18(33-21)14-4-5-19(31-2)24-11-14)20(15)28(22(26)29)16-6-8-27(9-7-16)23(30)32-3/h4-5,10-12,16H,6-9,13H2,1-3H3. The van der Waals surface area contributed by atoms with Crippen molar-refractivity contribution in [2.75, 3.05) is 39.3 Å². The molecule has 3 aromatic rings. The first-order chi connectivity index (χ1) is 16.0. The predicted octanol–water partition coefficient (Wildman–Crippen LogP) is 3.97. The first-order valence-electron chi connectivity index (χ1n) is 10.8. The van der Waals surface area contributed by atoms with E-state index in [1.165, 1.54) is 7.11 Å². The van der Waals surface area contributed by atoms with Gasteiger partial charge in [0.1, 0.15) is 4.83 Å². The summed E-state index contributed by atoms with van der Waals surface area (Å²) in [5.74, 6) is 0.563. The summed E-state index contributed by atoms with van der Waals surface area (Å²) in [6, 6.07) is 5.89. The van der Waals surface area contributed by atoms with Crippen molar-refractivity contribution in [2.24, 2.45) is 0 Å². The zero-order chi connectivity index (χ0) is 23.1. The number of rotatable bonds is 3. The normalized spacial score (nSPS) is 16.8. The molecule has 33 heavy (non-hydrogen) atoms. The van der Waals surface area contributed by atoms with Crippen LogP contribution in [0.2, 0.25) is 0 Å². The summed E-state index contributed by atoms with van der Waals surface area (Å²) in [4.78, 5) is 41.5. The summed E-state index contributed by atoms with van der Waals surface area (Å²) in [7, 11) is 4.80. The molecule has 0 spiro atoms. The summed E-state index contributed by atoms with van der Waals surface area (Å²) in [6.45, 7) is 1.63. The largest absolute Gasteiger partial charge is 0.481 e. The Balaban J connectivity index is 1.53. The third-order valence-corrected chi connectivity index (χ3v) is 7.38. The molecule has 3 amide bonds. The number of likely N-dealkylation sites (tertiary alicyclic amines) is 1. The van der Waals surface area contributed by atoms with E-state index in [9.17, 15) is 9.59 Å². The lowest BCUT2D eigenvalue weighted by atomic mass is 9.99. The van der Waals surface area contributed by atoms with Gasteiger partial charge in [0, 0.05) is 66.0 Å². The topological polar surface area (TPSA) is 88.1 Å². The van der Waals surface area contributed by atoms with Crippen LogP contribution in [0.3, 0.4) is 0 Å². The molecule has 2 aliphatic heterocycles. The Morgan fingerprint density at radius 3 is 2.61 bits per heavy atom. The fraction of sp³-hybridized carbons (Fsp3) is 0.391. The van der Waals surface area contributed by atoms with Gasteiger partial charge in [-0.05, 0) is 25.0 Å². The number of nitrogens with zero attached hydrogens (tertiary/aromatic N) is 5. The highest BCUT2D eigenvalue weighted by molar-refractivity contribution is 7.22. The molecule has 1 fully saturated rings. The third kappa shape index (κ3) is 3.74. The van der Waals surface area contributed by atoms with Crippen LogP contribution in [0.5, 0.6) is 5.88 Å². The monoisotopic (exact) mass is 467 g/mol. The second kappa shape index (κ2) is 8.51. The zero-order valence-corrected chi connectivity index (χ0v) is 19.6. The van der Waals surface area contributed by atoms with Crippen molar-refractivity contribution in [3.63, 3.8) is 0 Å². The number of thiophene rings is 1. The molecule has 0 aromatic carbocycles. The van der Waals surface area contributed by atoms with Gasteiger partial charge in [0.05, 0.1) is 26.5 Å². The van der Waals surface area contributed by atoms with Crippen molar-refractivity contribution in [1.29, 1.82) is 0 Å². The molecule has 0 unspecified atom stereocenters. The number of hydrogen-bond donors (Lipinski definition) is 0. The lowest BCUT2D eigenvalue weighted by molar-refractivity contribution is 0.111. The molecule has 10 heteroatoms. The molecule has 9 nitrogen and oxygen atoms in total. The molecule has 5 heterocycles. The molecule has 0 saturated carbocycles. The Hall–Kier alpha value is -3.40. The number of carbonyl (C=O) groups is 2. The van der Waals surface area contributed by atoms with E-state index in [1.54, 1.807) is 34.4 Å². The lowest BCUT2D eigenvalue weighted by Gasteiger charge is -2.43. The minimum Gasteiger partial charge on any atom is -0.481 e. The number of ether oxygens (including phenoxy) is 2.